The van der Waals surface area contributed by atoms with Crippen molar-refractivity contribution < 1.29 is 0 Å². The van der Waals surface area contributed by atoms with Crippen LogP contribution < -0.4 is 15.2 Å². The van der Waals surface area contributed by atoms with Gasteiger partial charge in [-0.2, -0.15) is 0 Å². The van der Waals surface area contributed by atoms with Gasteiger partial charge in [0.1, 0.15) is 0 Å². The van der Waals surface area contributed by atoms with Crippen LogP contribution in [0.2, 0.25) is 0 Å². The lowest BCUT2D eigenvalue weighted by molar-refractivity contribution is 0.859. The molecule has 2 aliphatic carbocycles. The Morgan fingerprint density at radius 1 is 0.824 bits per heavy atom. The summed E-state index contributed by atoms with van der Waals surface area (Å²) < 4.78 is 2.23. The lowest BCUT2D eigenvalue weighted by Crippen LogP contribution is -2.41. The van der Waals surface area contributed by atoms with Crippen LogP contribution in [0.4, 0.5) is 0 Å². The van der Waals surface area contributed by atoms with Crippen LogP contribution in [-0.4, -0.2) is 0 Å². The van der Waals surface area contributed by atoms with E-state index in [9.17, 15) is 4.79 Å². The molecular weight excluding hydrogens is 432 g/mol. The van der Waals surface area contributed by atoms with Gasteiger partial charge < -0.3 is 0 Å². The van der Waals surface area contributed by atoms with Gasteiger partial charge in [-0.1, -0.05) is 53.6 Å². The molecule has 0 bridgehead atoms. The van der Waals surface area contributed by atoms with Gasteiger partial charge in [0.15, 0.2) is 5.43 Å². The van der Waals surface area contributed by atoms with Crippen LogP contribution in [0.5, 0.6) is 0 Å². The number of hydrogen-bond donors (Lipinski definition) is 0. The van der Waals surface area contributed by atoms with Crippen molar-refractivity contribution in [2.24, 2.45) is 5.92 Å². The summed E-state index contributed by atoms with van der Waals surface area (Å²) in [5, 5.41) is 1.75. The Morgan fingerprint density at radius 3 is 2.09 bits per heavy atom. The van der Waals surface area contributed by atoms with Gasteiger partial charge in [-0.25, -0.2) is 0 Å². The van der Waals surface area contributed by atoms with Crippen molar-refractivity contribution in [1.82, 2.24) is 0 Å². The van der Waals surface area contributed by atoms with Gasteiger partial charge in [0.2, 0.25) is 0 Å². The number of hydrogen-bond acceptors (Lipinski definition) is 2. The molecule has 1 fully saturated rings. The van der Waals surface area contributed by atoms with E-state index in [1.54, 1.807) is 11.3 Å². The van der Waals surface area contributed by atoms with E-state index in [-0.39, 0.29) is 10.8 Å². The SMILES string of the molecule is Cc1cc(C)c(-c2ccc3sc4c(c(=O)c3c2)=CC2(c3c(C)cc(C)cc3C)CC2C=4)c(C)c1. The molecule has 6 rings (SSSR count). The van der Waals surface area contributed by atoms with E-state index in [1.807, 2.05) is 0 Å². The maximum Gasteiger partial charge on any atom is 0.195 e. The predicted octanol–water partition coefficient (Wildman–Crippen LogP) is 6.31. The largest absolute Gasteiger partial charge is 0.289 e. The first kappa shape index (κ1) is 21.6. The zero-order valence-electron chi connectivity index (χ0n) is 20.8. The Balaban J connectivity index is 1.59. The van der Waals surface area contributed by atoms with E-state index in [0.29, 0.717) is 5.92 Å². The van der Waals surface area contributed by atoms with Gasteiger partial charge >= 0.3 is 0 Å². The molecule has 34 heavy (non-hydrogen) atoms. The van der Waals surface area contributed by atoms with E-state index < -0.39 is 0 Å². The molecule has 0 N–H and O–H groups in total. The second-order valence-corrected chi connectivity index (χ2v) is 11.7. The van der Waals surface area contributed by atoms with Gasteiger partial charge in [0, 0.05) is 25.3 Å². The third-order valence-corrected chi connectivity index (χ3v) is 9.03. The average Bonchev–Trinajstić information content (AvgIpc) is 3.45. The zero-order chi connectivity index (χ0) is 23.9. The highest BCUT2D eigenvalue weighted by atomic mass is 32.1. The Bertz CT molecular complexity index is 1670. The summed E-state index contributed by atoms with van der Waals surface area (Å²) in [6, 6.07) is 15.5. The van der Waals surface area contributed by atoms with Crippen molar-refractivity contribution in [2.45, 2.75) is 53.4 Å². The number of rotatable bonds is 2. The second kappa shape index (κ2) is 7.26. The van der Waals surface area contributed by atoms with Gasteiger partial charge in [-0.3, -0.25) is 4.79 Å². The molecule has 2 aliphatic rings. The molecule has 1 saturated carbocycles. The molecule has 0 amide bonds. The summed E-state index contributed by atoms with van der Waals surface area (Å²) in [5.74, 6) is 0.491. The van der Waals surface area contributed by atoms with E-state index in [1.165, 1.54) is 44.5 Å². The minimum Gasteiger partial charge on any atom is -0.289 e. The normalized spacial score (nSPS) is 20.4. The number of benzene rings is 3. The topological polar surface area (TPSA) is 17.1 Å². The first-order valence-corrected chi connectivity index (χ1v) is 13.0. The summed E-state index contributed by atoms with van der Waals surface area (Å²) in [6.45, 7) is 13.1. The molecular formula is C32H30OS. The third-order valence-electron chi connectivity index (χ3n) is 7.88. The van der Waals surface area contributed by atoms with E-state index in [2.05, 4.69) is 96.2 Å². The molecule has 2 atom stereocenters. The van der Waals surface area contributed by atoms with Gasteiger partial charge in [-0.15, -0.1) is 11.3 Å². The standard InChI is InChI=1S/C32H30OS/c1-17-9-19(3)29(20(4)10-17)23-7-8-27-25(13-23)31(33)26-16-32(15-24(32)14-28(26)34-27)30-21(5)11-18(2)12-22(30)6/h7-14,16,24H,15H2,1-6H3. The van der Waals surface area contributed by atoms with Crippen LogP contribution in [0.3, 0.4) is 0 Å². The van der Waals surface area contributed by atoms with Crippen LogP contribution in [0, 0.1) is 47.5 Å². The highest BCUT2D eigenvalue weighted by Crippen LogP contribution is 2.59. The summed E-state index contributed by atoms with van der Waals surface area (Å²) in [6.07, 6.45) is 5.80. The smallest absolute Gasteiger partial charge is 0.195 e. The highest BCUT2D eigenvalue weighted by Gasteiger charge is 2.54. The summed E-state index contributed by atoms with van der Waals surface area (Å²) in [7, 11) is 0. The molecule has 2 unspecified atom stereocenters. The lowest BCUT2D eigenvalue weighted by Gasteiger charge is -2.21. The highest BCUT2D eigenvalue weighted by molar-refractivity contribution is 7.16. The summed E-state index contributed by atoms with van der Waals surface area (Å²) >= 11 is 1.77. The van der Waals surface area contributed by atoms with E-state index >= 15 is 0 Å². The fourth-order valence-electron chi connectivity index (χ4n) is 6.67. The maximum atomic E-state index is 13.9. The first-order chi connectivity index (χ1) is 16.2. The van der Waals surface area contributed by atoms with Crippen molar-refractivity contribution in [2.75, 3.05) is 0 Å². The molecule has 1 aromatic heterocycles. The molecule has 170 valence electrons. The van der Waals surface area contributed by atoms with Crippen molar-refractivity contribution >= 4 is 33.6 Å². The Labute approximate surface area is 205 Å². The molecule has 3 aromatic carbocycles. The lowest BCUT2D eigenvalue weighted by atomic mass is 9.83. The third kappa shape index (κ3) is 3.08. The zero-order valence-corrected chi connectivity index (χ0v) is 21.6. The fraction of sp³-hybridized carbons (Fsp3) is 0.281. The van der Waals surface area contributed by atoms with Crippen molar-refractivity contribution in [1.29, 1.82) is 0 Å². The minimum absolute atomic E-state index is 0.0177. The van der Waals surface area contributed by atoms with E-state index in [4.69, 9.17) is 0 Å². The molecule has 2 heteroatoms. The van der Waals surface area contributed by atoms with Crippen LogP contribution >= 0.6 is 11.3 Å². The molecule has 0 aliphatic heterocycles. The molecule has 0 spiro atoms. The first-order valence-electron chi connectivity index (χ1n) is 12.2. The quantitative estimate of drug-likeness (QED) is 0.341. The van der Waals surface area contributed by atoms with Crippen LogP contribution in [0.15, 0.2) is 47.3 Å². The number of fused-ring (bicyclic) bond motifs is 3. The van der Waals surface area contributed by atoms with E-state index in [0.717, 1.165) is 31.8 Å². The van der Waals surface area contributed by atoms with Crippen LogP contribution in [0.25, 0.3) is 33.4 Å². The summed E-state index contributed by atoms with van der Waals surface area (Å²) in [4.78, 5) is 13.9. The monoisotopic (exact) mass is 462 g/mol. The van der Waals surface area contributed by atoms with Crippen LogP contribution in [0.1, 0.15) is 45.4 Å². The van der Waals surface area contributed by atoms with Crippen molar-refractivity contribution in [3.63, 3.8) is 0 Å². The Morgan fingerprint density at radius 2 is 1.44 bits per heavy atom. The van der Waals surface area contributed by atoms with Crippen molar-refractivity contribution in [3.8, 4) is 11.1 Å². The maximum absolute atomic E-state index is 13.9. The van der Waals surface area contributed by atoms with Crippen molar-refractivity contribution in [3.05, 3.63) is 101 Å². The number of aryl methyl sites for hydroxylation is 6. The average molecular weight is 463 g/mol. The molecule has 0 saturated heterocycles. The Kier molecular flexibility index (Phi) is 4.60. The van der Waals surface area contributed by atoms with Gasteiger partial charge in [0.05, 0.1) is 0 Å². The molecule has 1 heterocycles. The van der Waals surface area contributed by atoms with Gasteiger partial charge in [-0.05, 0) is 105 Å². The van der Waals surface area contributed by atoms with Crippen LogP contribution in [-0.2, 0) is 5.41 Å². The fourth-order valence-corrected chi connectivity index (χ4v) is 7.80. The van der Waals surface area contributed by atoms with Gasteiger partial charge in [0.25, 0.3) is 0 Å². The predicted molar refractivity (Wildman–Crippen MR) is 146 cm³/mol. The summed E-state index contributed by atoms with van der Waals surface area (Å²) in [5.41, 5.74) is 11.8. The molecule has 0 radical (unpaired) electrons. The second-order valence-electron chi connectivity index (χ2n) is 10.6. The Hall–Kier alpha value is -2.97. The molecule has 4 aromatic rings. The minimum atomic E-state index is -0.0177. The molecule has 1 nitrogen and oxygen atoms in total.